The highest BCUT2D eigenvalue weighted by atomic mass is 35.5. The zero-order valence-corrected chi connectivity index (χ0v) is 13.8. The smallest absolute Gasteiger partial charge is 0.305 e. The van der Waals surface area contributed by atoms with Crippen LogP contribution in [0.4, 0.5) is 4.39 Å². The molecule has 1 heterocycles. The SMILES string of the molecule is CC(C(=O)NC(CC(=O)O)c1ccc(Cl)c(F)c1)c1cccs1. The number of thiophene rings is 1. The molecule has 0 saturated carbocycles. The second-order valence-electron chi connectivity index (χ2n) is 5.07. The number of aliphatic carboxylic acids is 1. The Morgan fingerprint density at radius 2 is 2.13 bits per heavy atom. The van der Waals surface area contributed by atoms with Gasteiger partial charge in [0.15, 0.2) is 0 Å². The molecule has 2 rings (SSSR count). The Morgan fingerprint density at radius 1 is 1.39 bits per heavy atom. The molecular weight excluding hydrogens is 341 g/mol. The van der Waals surface area contributed by atoms with Crippen LogP contribution in [0.5, 0.6) is 0 Å². The van der Waals surface area contributed by atoms with Gasteiger partial charge in [0.2, 0.25) is 5.91 Å². The normalized spacial score (nSPS) is 13.3. The fourth-order valence-corrected chi connectivity index (χ4v) is 3.02. The topological polar surface area (TPSA) is 66.4 Å². The van der Waals surface area contributed by atoms with E-state index < -0.39 is 23.7 Å². The summed E-state index contributed by atoms with van der Waals surface area (Å²) < 4.78 is 13.6. The zero-order valence-electron chi connectivity index (χ0n) is 12.3. The molecule has 0 fully saturated rings. The Labute approximate surface area is 141 Å². The van der Waals surface area contributed by atoms with Crippen LogP contribution in [0.3, 0.4) is 0 Å². The number of rotatable bonds is 6. The van der Waals surface area contributed by atoms with Crippen molar-refractivity contribution >= 4 is 34.8 Å². The van der Waals surface area contributed by atoms with Crippen LogP contribution in [0.1, 0.15) is 35.7 Å². The third-order valence-electron chi connectivity index (χ3n) is 3.40. The third-order valence-corrected chi connectivity index (χ3v) is 4.77. The van der Waals surface area contributed by atoms with E-state index in [4.69, 9.17) is 16.7 Å². The van der Waals surface area contributed by atoms with E-state index in [2.05, 4.69) is 5.32 Å². The van der Waals surface area contributed by atoms with Gasteiger partial charge in [-0.15, -0.1) is 11.3 Å². The van der Waals surface area contributed by atoms with Crippen LogP contribution in [0.2, 0.25) is 5.02 Å². The summed E-state index contributed by atoms with van der Waals surface area (Å²) in [5.41, 5.74) is 0.362. The average Bonchev–Trinajstić information content (AvgIpc) is 3.02. The number of carbonyl (C=O) groups is 2. The fraction of sp³-hybridized carbons (Fsp3) is 0.250. The van der Waals surface area contributed by atoms with Gasteiger partial charge in [-0.05, 0) is 36.1 Å². The van der Waals surface area contributed by atoms with Gasteiger partial charge in [-0.25, -0.2) is 4.39 Å². The van der Waals surface area contributed by atoms with E-state index in [1.54, 1.807) is 6.92 Å². The van der Waals surface area contributed by atoms with E-state index in [1.165, 1.54) is 23.5 Å². The average molecular weight is 356 g/mol. The number of carboxylic acids is 1. The minimum absolute atomic E-state index is 0.0545. The summed E-state index contributed by atoms with van der Waals surface area (Å²) in [6, 6.07) is 6.85. The minimum Gasteiger partial charge on any atom is -0.481 e. The number of carboxylic acid groups (broad SMARTS) is 1. The molecule has 0 aliphatic rings. The van der Waals surface area contributed by atoms with Crippen molar-refractivity contribution in [2.45, 2.75) is 25.3 Å². The molecule has 122 valence electrons. The van der Waals surface area contributed by atoms with E-state index in [-0.39, 0.29) is 17.4 Å². The second kappa shape index (κ2) is 7.57. The van der Waals surface area contributed by atoms with Crippen molar-refractivity contribution in [3.05, 3.63) is 57.0 Å². The summed E-state index contributed by atoms with van der Waals surface area (Å²) in [6.45, 7) is 1.74. The van der Waals surface area contributed by atoms with Crippen molar-refractivity contribution in [2.75, 3.05) is 0 Å². The Bertz CT molecular complexity index is 705. The maximum atomic E-state index is 13.6. The Hall–Kier alpha value is -1.92. The van der Waals surface area contributed by atoms with Crippen LogP contribution in [0, 0.1) is 5.82 Å². The lowest BCUT2D eigenvalue weighted by atomic mass is 10.0. The molecule has 1 aromatic heterocycles. The zero-order chi connectivity index (χ0) is 17.0. The highest BCUT2D eigenvalue weighted by Gasteiger charge is 2.23. The molecular formula is C16H15ClFNO3S. The number of hydrogen-bond donors (Lipinski definition) is 2. The van der Waals surface area contributed by atoms with Gasteiger partial charge < -0.3 is 10.4 Å². The Balaban J connectivity index is 2.19. The first-order chi connectivity index (χ1) is 10.9. The molecule has 0 aliphatic carbocycles. The Kier molecular flexibility index (Phi) is 5.74. The van der Waals surface area contributed by atoms with Crippen LogP contribution in [0.15, 0.2) is 35.7 Å². The van der Waals surface area contributed by atoms with Crippen molar-refractivity contribution in [3.8, 4) is 0 Å². The first-order valence-corrected chi connectivity index (χ1v) is 8.14. The van der Waals surface area contributed by atoms with Crippen LogP contribution < -0.4 is 5.32 Å². The number of hydrogen-bond acceptors (Lipinski definition) is 3. The molecule has 0 radical (unpaired) electrons. The predicted molar refractivity (Wildman–Crippen MR) is 87.3 cm³/mol. The molecule has 23 heavy (non-hydrogen) atoms. The monoisotopic (exact) mass is 355 g/mol. The largest absolute Gasteiger partial charge is 0.481 e. The van der Waals surface area contributed by atoms with Crippen LogP contribution in [-0.2, 0) is 9.59 Å². The highest BCUT2D eigenvalue weighted by Crippen LogP contribution is 2.25. The van der Waals surface area contributed by atoms with E-state index in [1.807, 2.05) is 17.5 Å². The van der Waals surface area contributed by atoms with Gasteiger partial charge in [0.1, 0.15) is 5.82 Å². The van der Waals surface area contributed by atoms with Crippen molar-refractivity contribution < 1.29 is 19.1 Å². The van der Waals surface area contributed by atoms with Crippen LogP contribution in [0.25, 0.3) is 0 Å². The molecule has 0 bridgehead atoms. The lowest BCUT2D eigenvalue weighted by Crippen LogP contribution is -2.33. The Morgan fingerprint density at radius 3 is 2.70 bits per heavy atom. The quantitative estimate of drug-likeness (QED) is 0.823. The molecule has 0 spiro atoms. The maximum Gasteiger partial charge on any atom is 0.305 e. The number of carbonyl (C=O) groups excluding carboxylic acids is 1. The summed E-state index contributed by atoms with van der Waals surface area (Å²) in [4.78, 5) is 24.3. The first-order valence-electron chi connectivity index (χ1n) is 6.89. The molecule has 2 N–H and O–H groups in total. The molecule has 1 amide bonds. The second-order valence-corrected chi connectivity index (χ2v) is 6.46. The molecule has 2 unspecified atom stereocenters. The molecule has 4 nitrogen and oxygen atoms in total. The van der Waals surface area contributed by atoms with Crippen molar-refractivity contribution in [2.24, 2.45) is 0 Å². The summed E-state index contributed by atoms with van der Waals surface area (Å²) in [7, 11) is 0. The van der Waals surface area contributed by atoms with Crippen molar-refractivity contribution in [1.82, 2.24) is 5.32 Å². The molecule has 7 heteroatoms. The van der Waals surface area contributed by atoms with Gasteiger partial charge in [0.05, 0.1) is 23.4 Å². The highest BCUT2D eigenvalue weighted by molar-refractivity contribution is 7.10. The van der Waals surface area contributed by atoms with Gasteiger partial charge in [-0.3, -0.25) is 9.59 Å². The standard InChI is InChI=1S/C16H15ClFNO3S/c1-9(14-3-2-6-23-14)16(22)19-13(8-15(20)21)10-4-5-11(17)12(18)7-10/h2-7,9,13H,8H2,1H3,(H,19,22)(H,20,21). The van der Waals surface area contributed by atoms with Crippen LogP contribution >= 0.6 is 22.9 Å². The molecule has 0 saturated heterocycles. The summed E-state index contributed by atoms with van der Waals surface area (Å²) in [6.07, 6.45) is -0.343. The van der Waals surface area contributed by atoms with Gasteiger partial charge in [-0.2, -0.15) is 0 Å². The molecule has 2 aromatic rings. The van der Waals surface area contributed by atoms with Crippen molar-refractivity contribution in [1.29, 1.82) is 0 Å². The lowest BCUT2D eigenvalue weighted by molar-refractivity contribution is -0.137. The number of benzene rings is 1. The predicted octanol–water partition coefficient (Wildman–Crippen LogP) is 3.98. The van der Waals surface area contributed by atoms with Gasteiger partial charge >= 0.3 is 5.97 Å². The number of amides is 1. The number of halogens is 2. The van der Waals surface area contributed by atoms with E-state index in [0.29, 0.717) is 5.56 Å². The summed E-state index contributed by atoms with van der Waals surface area (Å²) >= 11 is 7.08. The van der Waals surface area contributed by atoms with Crippen molar-refractivity contribution in [3.63, 3.8) is 0 Å². The summed E-state index contributed by atoms with van der Waals surface area (Å²) in [5, 5.41) is 13.5. The van der Waals surface area contributed by atoms with E-state index in [9.17, 15) is 14.0 Å². The maximum absolute atomic E-state index is 13.6. The van der Waals surface area contributed by atoms with Crippen LogP contribution in [-0.4, -0.2) is 17.0 Å². The van der Waals surface area contributed by atoms with E-state index >= 15 is 0 Å². The first kappa shape index (κ1) is 17.4. The summed E-state index contributed by atoms with van der Waals surface area (Å²) in [5.74, 6) is -2.47. The van der Waals surface area contributed by atoms with E-state index in [0.717, 1.165) is 10.9 Å². The van der Waals surface area contributed by atoms with Gasteiger partial charge in [0.25, 0.3) is 0 Å². The molecule has 0 aliphatic heterocycles. The molecule has 1 aromatic carbocycles. The van der Waals surface area contributed by atoms with Gasteiger partial charge in [-0.1, -0.05) is 23.7 Å². The minimum atomic E-state index is -1.09. The number of nitrogens with one attached hydrogen (secondary N) is 1. The van der Waals surface area contributed by atoms with Gasteiger partial charge in [0, 0.05) is 4.88 Å². The fourth-order valence-electron chi connectivity index (χ4n) is 2.12. The lowest BCUT2D eigenvalue weighted by Gasteiger charge is -2.20. The third kappa shape index (κ3) is 4.53. The molecule has 2 atom stereocenters.